The fraction of sp³-hybridized carbons (Fsp3) is 0.400. The van der Waals surface area contributed by atoms with Crippen LogP contribution in [-0.4, -0.2) is 40.6 Å². The molecule has 1 saturated heterocycles. The van der Waals surface area contributed by atoms with Crippen LogP contribution in [0, 0.1) is 12.7 Å². The number of carbonyl (C=O) groups excluding carboxylic acids is 1. The van der Waals surface area contributed by atoms with Crippen LogP contribution in [0.4, 0.5) is 4.39 Å². The quantitative estimate of drug-likeness (QED) is 0.934. The zero-order valence-corrected chi connectivity index (χ0v) is 12.4. The number of likely N-dealkylation sites (tertiary alicyclic amines) is 1. The molecule has 1 aromatic heterocycles. The Morgan fingerprint density at radius 1 is 1.41 bits per heavy atom. The highest BCUT2D eigenvalue weighted by Crippen LogP contribution is 2.29. The predicted molar refractivity (Wildman–Crippen MR) is 76.7 cm³/mol. The number of likely N-dealkylation sites (N-methyl/N-ethyl adjacent to an activating group) is 1. The van der Waals surface area contributed by atoms with E-state index in [0.717, 1.165) is 0 Å². The molecule has 0 saturated carbocycles. The van der Waals surface area contributed by atoms with Crippen molar-refractivity contribution >= 4 is 5.91 Å². The van der Waals surface area contributed by atoms with E-state index in [0.29, 0.717) is 30.2 Å². The molecule has 22 heavy (non-hydrogen) atoms. The van der Waals surface area contributed by atoms with Gasteiger partial charge in [-0.1, -0.05) is 5.16 Å². The van der Waals surface area contributed by atoms with E-state index < -0.39 is 0 Å². The van der Waals surface area contributed by atoms with E-state index in [2.05, 4.69) is 20.4 Å². The van der Waals surface area contributed by atoms with Gasteiger partial charge in [0.15, 0.2) is 5.82 Å². The smallest absolute Gasteiger partial charge is 0.251 e. The maximum atomic E-state index is 12.9. The summed E-state index contributed by atoms with van der Waals surface area (Å²) in [6.45, 7) is 2.47. The van der Waals surface area contributed by atoms with Gasteiger partial charge in [-0.25, -0.2) is 4.39 Å². The first-order valence-corrected chi connectivity index (χ1v) is 7.10. The van der Waals surface area contributed by atoms with Crippen LogP contribution < -0.4 is 5.32 Å². The maximum absolute atomic E-state index is 12.9. The summed E-state index contributed by atoms with van der Waals surface area (Å²) in [7, 11) is 1.95. The molecule has 1 N–H and O–H groups in total. The van der Waals surface area contributed by atoms with Gasteiger partial charge in [0.25, 0.3) is 5.91 Å². The third kappa shape index (κ3) is 2.99. The lowest BCUT2D eigenvalue weighted by Gasteiger charge is -2.14. The van der Waals surface area contributed by atoms with E-state index in [4.69, 9.17) is 4.52 Å². The summed E-state index contributed by atoms with van der Waals surface area (Å²) in [6, 6.07) is 5.49. The SMILES string of the molecule is Cc1noc(C2CC(NC(=O)c3ccc(F)cc3)CN2C)n1. The molecule has 1 aromatic carbocycles. The Kier molecular flexibility index (Phi) is 3.89. The highest BCUT2D eigenvalue weighted by molar-refractivity contribution is 5.94. The Labute approximate surface area is 127 Å². The zero-order valence-electron chi connectivity index (χ0n) is 12.4. The number of nitrogens with zero attached hydrogens (tertiary/aromatic N) is 3. The second-order valence-corrected chi connectivity index (χ2v) is 5.55. The molecule has 2 aromatic rings. The Morgan fingerprint density at radius 2 is 2.14 bits per heavy atom. The van der Waals surface area contributed by atoms with Gasteiger partial charge in [-0.15, -0.1) is 0 Å². The molecule has 0 bridgehead atoms. The van der Waals surface area contributed by atoms with Crippen molar-refractivity contribution < 1.29 is 13.7 Å². The van der Waals surface area contributed by atoms with Crippen molar-refractivity contribution in [3.8, 4) is 0 Å². The summed E-state index contributed by atoms with van der Waals surface area (Å²) in [4.78, 5) is 18.5. The average molecular weight is 304 g/mol. The first-order valence-electron chi connectivity index (χ1n) is 7.10. The topological polar surface area (TPSA) is 71.3 Å². The fourth-order valence-electron chi connectivity index (χ4n) is 2.71. The predicted octanol–water partition coefficient (Wildman–Crippen LogP) is 1.69. The van der Waals surface area contributed by atoms with Gasteiger partial charge in [0.05, 0.1) is 6.04 Å². The maximum Gasteiger partial charge on any atom is 0.251 e. The number of hydrogen-bond acceptors (Lipinski definition) is 5. The molecule has 6 nitrogen and oxygen atoms in total. The number of carbonyl (C=O) groups is 1. The number of aryl methyl sites for hydroxylation is 1. The van der Waals surface area contributed by atoms with E-state index in [-0.39, 0.29) is 23.8 Å². The van der Waals surface area contributed by atoms with Crippen molar-refractivity contribution in [3.63, 3.8) is 0 Å². The van der Waals surface area contributed by atoms with Crippen molar-refractivity contribution in [1.29, 1.82) is 0 Å². The fourth-order valence-corrected chi connectivity index (χ4v) is 2.71. The number of hydrogen-bond donors (Lipinski definition) is 1. The molecule has 1 amide bonds. The van der Waals surface area contributed by atoms with Crippen LogP contribution in [0.2, 0.25) is 0 Å². The third-order valence-electron chi connectivity index (χ3n) is 3.82. The van der Waals surface area contributed by atoms with Crippen LogP contribution in [0.5, 0.6) is 0 Å². The average Bonchev–Trinajstić information content (AvgIpc) is 3.05. The van der Waals surface area contributed by atoms with Crippen LogP contribution in [0.3, 0.4) is 0 Å². The van der Waals surface area contributed by atoms with Gasteiger partial charge in [0, 0.05) is 18.2 Å². The Morgan fingerprint density at radius 3 is 2.77 bits per heavy atom. The van der Waals surface area contributed by atoms with Gasteiger partial charge < -0.3 is 9.84 Å². The minimum absolute atomic E-state index is 0.000261. The Balaban J connectivity index is 1.64. The summed E-state index contributed by atoms with van der Waals surface area (Å²) in [6.07, 6.45) is 0.699. The first-order chi connectivity index (χ1) is 10.5. The second-order valence-electron chi connectivity index (χ2n) is 5.55. The van der Waals surface area contributed by atoms with Gasteiger partial charge in [0.1, 0.15) is 5.82 Å². The number of rotatable bonds is 3. The molecule has 7 heteroatoms. The van der Waals surface area contributed by atoms with Crippen molar-refractivity contribution in [1.82, 2.24) is 20.4 Å². The lowest BCUT2D eigenvalue weighted by atomic mass is 10.1. The molecular formula is C15H17FN4O2. The molecule has 2 unspecified atom stereocenters. The van der Waals surface area contributed by atoms with Crippen LogP contribution in [0.25, 0.3) is 0 Å². The molecule has 0 radical (unpaired) electrons. The summed E-state index contributed by atoms with van der Waals surface area (Å²) in [5.74, 6) is 0.602. The van der Waals surface area contributed by atoms with E-state index in [9.17, 15) is 9.18 Å². The van der Waals surface area contributed by atoms with E-state index in [1.165, 1.54) is 24.3 Å². The van der Waals surface area contributed by atoms with E-state index in [1.807, 2.05) is 7.05 Å². The molecular weight excluding hydrogens is 287 g/mol. The van der Waals surface area contributed by atoms with Crippen molar-refractivity contribution in [3.05, 3.63) is 47.4 Å². The van der Waals surface area contributed by atoms with E-state index >= 15 is 0 Å². The van der Waals surface area contributed by atoms with Gasteiger partial charge in [0.2, 0.25) is 5.89 Å². The molecule has 1 aliphatic heterocycles. The van der Waals surface area contributed by atoms with Crippen molar-refractivity contribution in [2.75, 3.05) is 13.6 Å². The number of benzene rings is 1. The highest BCUT2D eigenvalue weighted by atomic mass is 19.1. The van der Waals surface area contributed by atoms with Gasteiger partial charge in [-0.2, -0.15) is 4.98 Å². The summed E-state index contributed by atoms with van der Waals surface area (Å²) < 4.78 is 18.1. The van der Waals surface area contributed by atoms with Gasteiger partial charge in [-0.05, 0) is 44.7 Å². The summed E-state index contributed by atoms with van der Waals surface area (Å²) >= 11 is 0. The standard InChI is InChI=1S/C15H17FN4O2/c1-9-17-15(22-19-9)13-7-12(8-20(13)2)18-14(21)10-3-5-11(16)6-4-10/h3-6,12-13H,7-8H2,1-2H3,(H,18,21). The van der Waals surface area contributed by atoms with Crippen LogP contribution in [-0.2, 0) is 0 Å². The third-order valence-corrected chi connectivity index (χ3v) is 3.82. The minimum Gasteiger partial charge on any atom is -0.348 e. The van der Waals surface area contributed by atoms with E-state index in [1.54, 1.807) is 6.92 Å². The second kappa shape index (κ2) is 5.84. The Bertz CT molecular complexity index is 670. The van der Waals surface area contributed by atoms with Crippen LogP contribution in [0.15, 0.2) is 28.8 Å². The monoisotopic (exact) mass is 304 g/mol. The molecule has 0 spiro atoms. The molecule has 2 heterocycles. The van der Waals surface area contributed by atoms with Gasteiger partial charge >= 0.3 is 0 Å². The minimum atomic E-state index is -0.357. The molecule has 1 fully saturated rings. The molecule has 2 atom stereocenters. The van der Waals surface area contributed by atoms with Crippen molar-refractivity contribution in [2.24, 2.45) is 0 Å². The summed E-state index contributed by atoms with van der Waals surface area (Å²) in [5.41, 5.74) is 0.445. The molecule has 3 rings (SSSR count). The van der Waals surface area contributed by atoms with Crippen LogP contribution in [0.1, 0.15) is 34.5 Å². The highest BCUT2D eigenvalue weighted by Gasteiger charge is 2.35. The number of amides is 1. The van der Waals surface area contributed by atoms with Crippen LogP contribution >= 0.6 is 0 Å². The molecule has 0 aliphatic carbocycles. The molecule has 116 valence electrons. The Hall–Kier alpha value is -2.28. The first kappa shape index (κ1) is 14.6. The van der Waals surface area contributed by atoms with Gasteiger partial charge in [-0.3, -0.25) is 9.69 Å². The summed E-state index contributed by atoms with van der Waals surface area (Å²) in [5, 5.41) is 6.76. The lowest BCUT2D eigenvalue weighted by molar-refractivity contribution is 0.0938. The largest absolute Gasteiger partial charge is 0.348 e. The number of nitrogens with one attached hydrogen (secondary N) is 1. The number of halogens is 1. The zero-order chi connectivity index (χ0) is 15.7. The normalized spacial score (nSPS) is 22.0. The molecule has 1 aliphatic rings. The van der Waals surface area contributed by atoms with Crippen molar-refractivity contribution in [2.45, 2.75) is 25.4 Å². The lowest BCUT2D eigenvalue weighted by Crippen LogP contribution is -2.36. The number of aromatic nitrogens is 2.